The second kappa shape index (κ2) is 6.47. The number of anilines is 1. The van der Waals surface area contributed by atoms with Crippen molar-refractivity contribution < 1.29 is 23.8 Å². The van der Waals surface area contributed by atoms with Gasteiger partial charge < -0.3 is 20.0 Å². The summed E-state index contributed by atoms with van der Waals surface area (Å²) in [5, 5.41) is 9.87. The summed E-state index contributed by atoms with van der Waals surface area (Å²) in [5.41, 5.74) is 6.90. The molecule has 0 radical (unpaired) electrons. The van der Waals surface area contributed by atoms with E-state index in [0.717, 1.165) is 6.07 Å². The fourth-order valence-electron chi connectivity index (χ4n) is 2.87. The lowest BCUT2D eigenvalue weighted by atomic mass is 10.00. The third-order valence-corrected chi connectivity index (χ3v) is 4.03. The van der Waals surface area contributed by atoms with Crippen molar-refractivity contribution >= 4 is 39.5 Å². The van der Waals surface area contributed by atoms with Gasteiger partial charge in [-0.05, 0) is 18.6 Å². The van der Waals surface area contributed by atoms with E-state index in [9.17, 15) is 14.4 Å². The predicted molar refractivity (Wildman–Crippen MR) is 94.5 cm³/mol. The Morgan fingerprint density at radius 2 is 2.00 bits per heavy atom. The number of fused-ring (bicyclic) bond motifs is 2. The molecule has 26 heavy (non-hydrogen) atoms. The van der Waals surface area contributed by atoms with Crippen molar-refractivity contribution in [3.8, 4) is 0 Å². The van der Waals surface area contributed by atoms with Gasteiger partial charge in [0.05, 0.1) is 18.0 Å². The van der Waals surface area contributed by atoms with Crippen LogP contribution >= 0.6 is 0 Å². The van der Waals surface area contributed by atoms with Crippen molar-refractivity contribution in [2.75, 3.05) is 12.8 Å². The number of aromatic nitrogens is 1. The van der Waals surface area contributed by atoms with E-state index in [1.165, 1.54) is 19.2 Å². The van der Waals surface area contributed by atoms with Crippen LogP contribution in [0.1, 0.15) is 40.0 Å². The Balaban J connectivity index is 2.51. The van der Waals surface area contributed by atoms with Crippen LogP contribution in [0.4, 0.5) is 5.69 Å². The molecule has 0 saturated carbocycles. The van der Waals surface area contributed by atoms with E-state index in [4.69, 9.17) is 15.3 Å². The molecule has 0 atom stereocenters. The number of aryl methyl sites for hydroxylation is 1. The molecule has 1 aromatic carbocycles. The number of esters is 1. The lowest BCUT2D eigenvalue weighted by molar-refractivity contribution is 0.0593. The van der Waals surface area contributed by atoms with Gasteiger partial charge in [0.15, 0.2) is 11.1 Å². The molecular weight excluding hydrogens is 340 g/mol. The maximum Gasteiger partial charge on any atom is 0.371 e. The van der Waals surface area contributed by atoms with Crippen molar-refractivity contribution in [1.82, 2.24) is 4.98 Å². The number of rotatable bonds is 4. The van der Waals surface area contributed by atoms with Gasteiger partial charge in [0.1, 0.15) is 5.58 Å². The molecule has 8 nitrogen and oxygen atoms in total. The van der Waals surface area contributed by atoms with Crippen LogP contribution < -0.4 is 11.2 Å². The molecule has 0 aliphatic heterocycles. The highest BCUT2D eigenvalue weighted by atomic mass is 16.5. The molecule has 0 fully saturated rings. The standard InChI is InChI=1S/C18H16N2O6/c1-3-4-8-15-9(11(19)6-12(20-15)18(24)25-2)5-10-13(21)7-14(17(22)23)26-16(8)10/h5-7H,3-4H2,1-2H3,(H2,19,20)(H,22,23). The number of nitrogens with zero attached hydrogens (tertiary/aromatic N) is 1. The minimum atomic E-state index is -1.35. The number of nitrogen functional groups attached to an aromatic ring is 1. The lowest BCUT2D eigenvalue weighted by Crippen LogP contribution is -2.10. The van der Waals surface area contributed by atoms with Crippen molar-refractivity contribution in [3.63, 3.8) is 0 Å². The van der Waals surface area contributed by atoms with Crippen molar-refractivity contribution in [1.29, 1.82) is 0 Å². The maximum atomic E-state index is 12.4. The molecule has 0 unspecified atom stereocenters. The largest absolute Gasteiger partial charge is 0.475 e. The van der Waals surface area contributed by atoms with E-state index < -0.39 is 23.1 Å². The first-order valence-electron chi connectivity index (χ1n) is 7.89. The zero-order valence-electron chi connectivity index (χ0n) is 14.2. The average Bonchev–Trinajstić information content (AvgIpc) is 2.61. The molecule has 2 heterocycles. The number of carbonyl (C=O) groups excluding carboxylic acids is 1. The number of hydrogen-bond acceptors (Lipinski definition) is 7. The number of carboxylic acid groups (broad SMARTS) is 1. The van der Waals surface area contributed by atoms with Gasteiger partial charge in [0.25, 0.3) is 0 Å². The van der Waals surface area contributed by atoms with Crippen molar-refractivity contribution in [3.05, 3.63) is 45.4 Å². The van der Waals surface area contributed by atoms with Gasteiger partial charge >= 0.3 is 11.9 Å². The molecule has 3 rings (SSSR count). The molecule has 2 aromatic heterocycles. The summed E-state index contributed by atoms with van der Waals surface area (Å²) >= 11 is 0. The van der Waals surface area contributed by atoms with Gasteiger partial charge in [-0.15, -0.1) is 0 Å². The van der Waals surface area contributed by atoms with E-state index in [1.807, 2.05) is 6.92 Å². The molecule has 0 saturated heterocycles. The molecule has 0 aliphatic rings. The summed E-state index contributed by atoms with van der Waals surface area (Å²) in [5.74, 6) is -2.46. The summed E-state index contributed by atoms with van der Waals surface area (Å²) in [6.45, 7) is 1.91. The fraction of sp³-hybridized carbons (Fsp3) is 0.222. The van der Waals surface area contributed by atoms with Crippen LogP contribution in [-0.2, 0) is 11.2 Å². The minimum Gasteiger partial charge on any atom is -0.475 e. The normalized spacial score (nSPS) is 11.0. The Morgan fingerprint density at radius 1 is 1.27 bits per heavy atom. The number of ether oxygens (including phenoxy) is 1. The highest BCUT2D eigenvalue weighted by Crippen LogP contribution is 2.31. The van der Waals surface area contributed by atoms with Crippen LogP contribution in [0.2, 0.25) is 0 Å². The van der Waals surface area contributed by atoms with Crippen LogP contribution in [0.15, 0.2) is 27.4 Å². The molecule has 3 aromatic rings. The Labute approximate surface area is 147 Å². The molecule has 0 spiro atoms. The average molecular weight is 356 g/mol. The molecule has 8 heteroatoms. The molecule has 0 bridgehead atoms. The van der Waals surface area contributed by atoms with E-state index in [0.29, 0.717) is 29.3 Å². The highest BCUT2D eigenvalue weighted by molar-refractivity contribution is 6.05. The topological polar surface area (TPSA) is 133 Å². The van der Waals surface area contributed by atoms with Gasteiger partial charge in [-0.25, -0.2) is 14.6 Å². The summed E-state index contributed by atoms with van der Waals surface area (Å²) in [4.78, 5) is 39.8. The summed E-state index contributed by atoms with van der Waals surface area (Å²) in [7, 11) is 1.23. The molecular formula is C18H16N2O6. The number of nitrogens with two attached hydrogens (primary N) is 1. The van der Waals surface area contributed by atoms with Gasteiger partial charge in [0, 0.05) is 22.7 Å². The molecule has 0 aliphatic carbocycles. The third kappa shape index (κ3) is 2.75. The van der Waals surface area contributed by atoms with Gasteiger partial charge in [-0.2, -0.15) is 0 Å². The quantitative estimate of drug-likeness (QED) is 0.538. The summed E-state index contributed by atoms with van der Waals surface area (Å²) < 4.78 is 10.2. The number of aromatic carboxylic acids is 1. The Kier molecular flexibility index (Phi) is 4.33. The van der Waals surface area contributed by atoms with Gasteiger partial charge in [0.2, 0.25) is 5.76 Å². The van der Waals surface area contributed by atoms with E-state index in [-0.39, 0.29) is 22.4 Å². The third-order valence-electron chi connectivity index (χ3n) is 4.03. The summed E-state index contributed by atoms with van der Waals surface area (Å²) in [6, 6.07) is 3.81. The Hall–Kier alpha value is -3.42. The zero-order valence-corrected chi connectivity index (χ0v) is 14.2. The number of carbonyl (C=O) groups is 2. The van der Waals surface area contributed by atoms with Crippen LogP contribution in [0.5, 0.6) is 0 Å². The summed E-state index contributed by atoms with van der Waals surface area (Å²) in [6.07, 6.45) is 1.14. The number of benzene rings is 1. The van der Waals surface area contributed by atoms with Crippen molar-refractivity contribution in [2.45, 2.75) is 19.8 Å². The number of carboxylic acids is 1. The number of hydrogen-bond donors (Lipinski definition) is 2. The highest BCUT2D eigenvalue weighted by Gasteiger charge is 2.20. The van der Waals surface area contributed by atoms with Crippen LogP contribution in [0.3, 0.4) is 0 Å². The van der Waals surface area contributed by atoms with Crippen LogP contribution in [-0.4, -0.2) is 29.1 Å². The smallest absolute Gasteiger partial charge is 0.371 e. The van der Waals surface area contributed by atoms with Crippen LogP contribution in [0.25, 0.3) is 21.9 Å². The second-order valence-corrected chi connectivity index (χ2v) is 5.75. The maximum absolute atomic E-state index is 12.4. The van der Waals surface area contributed by atoms with Crippen LogP contribution in [0, 0.1) is 0 Å². The number of pyridine rings is 1. The first-order chi connectivity index (χ1) is 12.4. The molecule has 3 N–H and O–H groups in total. The minimum absolute atomic E-state index is 0.0194. The zero-order chi connectivity index (χ0) is 19.0. The van der Waals surface area contributed by atoms with E-state index in [1.54, 1.807) is 0 Å². The number of methoxy groups -OCH3 is 1. The second-order valence-electron chi connectivity index (χ2n) is 5.75. The molecule has 0 amide bonds. The SMILES string of the molecule is CCCc1c2nc(C(=O)OC)cc(N)c2cc2c(=O)cc(C(=O)O)oc12. The van der Waals surface area contributed by atoms with Gasteiger partial charge in [-0.3, -0.25) is 4.79 Å². The Morgan fingerprint density at radius 3 is 2.62 bits per heavy atom. The predicted octanol–water partition coefficient (Wildman–Crippen LogP) is 2.36. The van der Waals surface area contributed by atoms with E-state index in [2.05, 4.69) is 9.72 Å². The fourth-order valence-corrected chi connectivity index (χ4v) is 2.87. The van der Waals surface area contributed by atoms with Gasteiger partial charge in [-0.1, -0.05) is 13.3 Å². The first-order valence-corrected chi connectivity index (χ1v) is 7.89. The van der Waals surface area contributed by atoms with E-state index >= 15 is 0 Å². The Bertz CT molecular complexity index is 1120. The van der Waals surface area contributed by atoms with Crippen molar-refractivity contribution in [2.24, 2.45) is 0 Å². The monoisotopic (exact) mass is 356 g/mol. The lowest BCUT2D eigenvalue weighted by Gasteiger charge is -2.12. The first kappa shape index (κ1) is 17.4. The molecule has 134 valence electrons.